The summed E-state index contributed by atoms with van der Waals surface area (Å²) in [5, 5.41) is 0. The minimum absolute atomic E-state index is 0.0920. The first-order valence-electron chi connectivity index (χ1n) is 3.08. The minimum Gasteiger partial charge on any atom is -0.324 e. The highest BCUT2D eigenvalue weighted by Crippen LogP contribution is 2.14. The van der Waals surface area contributed by atoms with Crippen molar-refractivity contribution in [1.29, 1.82) is 0 Å². The van der Waals surface area contributed by atoms with Crippen molar-refractivity contribution in [2.24, 2.45) is 5.73 Å². The van der Waals surface area contributed by atoms with E-state index in [0.717, 1.165) is 19.5 Å². The van der Waals surface area contributed by atoms with Gasteiger partial charge in [-0.05, 0) is 26.9 Å². The van der Waals surface area contributed by atoms with Gasteiger partial charge in [-0.2, -0.15) is 0 Å². The van der Waals surface area contributed by atoms with Crippen LogP contribution in [0.25, 0.3) is 0 Å². The summed E-state index contributed by atoms with van der Waals surface area (Å²) in [7, 11) is 2.11. The summed E-state index contributed by atoms with van der Waals surface area (Å²) in [6.45, 7) is 4.32. The van der Waals surface area contributed by atoms with Crippen molar-refractivity contribution in [2.45, 2.75) is 18.9 Å². The van der Waals surface area contributed by atoms with Crippen LogP contribution < -0.4 is 5.73 Å². The molecule has 48 valence electrons. The SMILES string of the molecule is CN1CC[C@@](C)(N)C1. The van der Waals surface area contributed by atoms with Gasteiger partial charge in [-0.15, -0.1) is 0 Å². The summed E-state index contributed by atoms with van der Waals surface area (Å²) < 4.78 is 0. The van der Waals surface area contributed by atoms with Crippen LogP contribution in [0.1, 0.15) is 13.3 Å². The zero-order chi connectivity index (χ0) is 6.20. The van der Waals surface area contributed by atoms with Crippen molar-refractivity contribution in [3.8, 4) is 0 Å². The van der Waals surface area contributed by atoms with Gasteiger partial charge in [0.2, 0.25) is 0 Å². The first-order valence-corrected chi connectivity index (χ1v) is 3.08. The maximum absolute atomic E-state index is 5.83. The Morgan fingerprint density at radius 3 is 2.38 bits per heavy atom. The molecule has 0 aliphatic carbocycles. The van der Waals surface area contributed by atoms with Crippen molar-refractivity contribution in [2.75, 3.05) is 20.1 Å². The monoisotopic (exact) mass is 114 g/mol. The van der Waals surface area contributed by atoms with Gasteiger partial charge < -0.3 is 10.6 Å². The molecule has 0 bridgehead atoms. The Bertz CT molecular complexity index is 88.5. The molecule has 2 heteroatoms. The Hall–Kier alpha value is -0.0800. The van der Waals surface area contributed by atoms with Gasteiger partial charge in [0.05, 0.1) is 0 Å². The van der Waals surface area contributed by atoms with Gasteiger partial charge in [0, 0.05) is 12.1 Å². The van der Waals surface area contributed by atoms with Crippen LogP contribution in [0.3, 0.4) is 0 Å². The van der Waals surface area contributed by atoms with Crippen molar-refractivity contribution in [3.63, 3.8) is 0 Å². The second-order valence-corrected chi connectivity index (χ2v) is 3.14. The third kappa shape index (κ3) is 1.20. The van der Waals surface area contributed by atoms with Crippen LogP contribution in [-0.4, -0.2) is 30.6 Å². The average molecular weight is 114 g/mol. The highest BCUT2D eigenvalue weighted by molar-refractivity contribution is 4.88. The molecule has 1 aliphatic rings. The fraction of sp³-hybridized carbons (Fsp3) is 1.00. The highest BCUT2D eigenvalue weighted by Gasteiger charge is 2.26. The summed E-state index contributed by atoms with van der Waals surface area (Å²) in [5.74, 6) is 0. The van der Waals surface area contributed by atoms with Crippen molar-refractivity contribution in [1.82, 2.24) is 4.90 Å². The first kappa shape index (κ1) is 6.05. The van der Waals surface area contributed by atoms with Gasteiger partial charge in [-0.3, -0.25) is 0 Å². The molecule has 1 atom stereocenters. The van der Waals surface area contributed by atoms with E-state index in [1.165, 1.54) is 0 Å². The molecule has 1 rings (SSSR count). The Morgan fingerprint density at radius 2 is 2.25 bits per heavy atom. The molecule has 0 radical (unpaired) electrons. The smallest absolute Gasteiger partial charge is 0.0266 e. The molecule has 0 amide bonds. The predicted octanol–water partition coefficient (Wildman–Crippen LogP) is 0.0393. The molecular formula is C6H14N2. The average Bonchev–Trinajstić information content (AvgIpc) is 1.82. The van der Waals surface area contributed by atoms with E-state index in [4.69, 9.17) is 5.73 Å². The topological polar surface area (TPSA) is 29.3 Å². The summed E-state index contributed by atoms with van der Waals surface area (Å²) in [6, 6.07) is 0. The molecule has 1 saturated heterocycles. The van der Waals surface area contributed by atoms with Crippen LogP contribution in [0, 0.1) is 0 Å². The Morgan fingerprint density at radius 1 is 1.62 bits per heavy atom. The second kappa shape index (κ2) is 1.71. The molecule has 2 nitrogen and oxygen atoms in total. The van der Waals surface area contributed by atoms with Crippen molar-refractivity contribution < 1.29 is 0 Å². The van der Waals surface area contributed by atoms with Crippen molar-refractivity contribution in [3.05, 3.63) is 0 Å². The Labute approximate surface area is 50.7 Å². The molecule has 1 heterocycles. The Balaban J connectivity index is 2.44. The molecule has 0 aromatic heterocycles. The lowest BCUT2D eigenvalue weighted by atomic mass is 10.0. The van der Waals surface area contributed by atoms with Crippen LogP contribution in [0.5, 0.6) is 0 Å². The Kier molecular flexibility index (Phi) is 1.29. The number of hydrogen-bond acceptors (Lipinski definition) is 2. The predicted molar refractivity (Wildman–Crippen MR) is 34.7 cm³/mol. The van der Waals surface area contributed by atoms with E-state index in [2.05, 4.69) is 18.9 Å². The van der Waals surface area contributed by atoms with E-state index in [1.807, 2.05) is 0 Å². The summed E-state index contributed by atoms with van der Waals surface area (Å²) in [5.41, 5.74) is 5.92. The zero-order valence-corrected chi connectivity index (χ0v) is 5.65. The largest absolute Gasteiger partial charge is 0.324 e. The minimum atomic E-state index is 0.0920. The number of rotatable bonds is 0. The van der Waals surface area contributed by atoms with Crippen LogP contribution in [0.2, 0.25) is 0 Å². The molecule has 2 N–H and O–H groups in total. The molecule has 8 heavy (non-hydrogen) atoms. The van der Waals surface area contributed by atoms with Crippen molar-refractivity contribution >= 4 is 0 Å². The summed E-state index contributed by atoms with van der Waals surface area (Å²) >= 11 is 0. The lowest BCUT2D eigenvalue weighted by molar-refractivity contribution is 0.382. The fourth-order valence-electron chi connectivity index (χ4n) is 1.22. The third-order valence-corrected chi connectivity index (χ3v) is 1.70. The van der Waals surface area contributed by atoms with E-state index in [9.17, 15) is 0 Å². The zero-order valence-electron chi connectivity index (χ0n) is 5.65. The highest BCUT2D eigenvalue weighted by atomic mass is 15.1. The van der Waals surface area contributed by atoms with Crippen LogP contribution in [0.15, 0.2) is 0 Å². The second-order valence-electron chi connectivity index (χ2n) is 3.14. The molecule has 1 fully saturated rings. The quantitative estimate of drug-likeness (QED) is 0.482. The van der Waals surface area contributed by atoms with Gasteiger partial charge in [0.1, 0.15) is 0 Å². The van der Waals surface area contributed by atoms with E-state index < -0.39 is 0 Å². The van der Waals surface area contributed by atoms with E-state index >= 15 is 0 Å². The molecule has 0 saturated carbocycles. The standard InChI is InChI=1S/C6H14N2/c1-6(7)3-4-8(2)5-6/h3-5,7H2,1-2H3/t6-/m1/s1. The maximum atomic E-state index is 5.83. The normalized spacial score (nSPS) is 40.9. The van der Waals surface area contributed by atoms with E-state index in [0.29, 0.717) is 0 Å². The maximum Gasteiger partial charge on any atom is 0.0266 e. The number of nitrogens with zero attached hydrogens (tertiary/aromatic N) is 1. The summed E-state index contributed by atoms with van der Waals surface area (Å²) in [4.78, 5) is 2.26. The number of hydrogen-bond donors (Lipinski definition) is 1. The lowest BCUT2D eigenvalue weighted by Gasteiger charge is -2.15. The molecule has 0 unspecified atom stereocenters. The number of likely N-dealkylation sites (N-methyl/N-ethyl adjacent to an activating group) is 1. The van der Waals surface area contributed by atoms with Gasteiger partial charge in [-0.1, -0.05) is 0 Å². The molecule has 1 aliphatic heterocycles. The van der Waals surface area contributed by atoms with Crippen LogP contribution >= 0.6 is 0 Å². The van der Waals surface area contributed by atoms with Gasteiger partial charge in [-0.25, -0.2) is 0 Å². The van der Waals surface area contributed by atoms with Gasteiger partial charge in [0.15, 0.2) is 0 Å². The first-order chi connectivity index (χ1) is 3.60. The molecule has 0 aromatic carbocycles. The van der Waals surface area contributed by atoms with Gasteiger partial charge in [0.25, 0.3) is 0 Å². The van der Waals surface area contributed by atoms with Crippen LogP contribution in [0.4, 0.5) is 0 Å². The number of nitrogens with two attached hydrogens (primary N) is 1. The van der Waals surface area contributed by atoms with E-state index in [1.54, 1.807) is 0 Å². The lowest BCUT2D eigenvalue weighted by Crippen LogP contribution is -2.38. The molecule has 0 aromatic rings. The molecule has 0 spiro atoms. The summed E-state index contributed by atoms with van der Waals surface area (Å²) in [6.07, 6.45) is 1.14. The fourth-order valence-corrected chi connectivity index (χ4v) is 1.22. The number of likely N-dealkylation sites (tertiary alicyclic amines) is 1. The third-order valence-electron chi connectivity index (χ3n) is 1.70. The van der Waals surface area contributed by atoms with E-state index in [-0.39, 0.29) is 5.54 Å². The van der Waals surface area contributed by atoms with Gasteiger partial charge >= 0.3 is 0 Å². The van der Waals surface area contributed by atoms with Crippen LogP contribution in [-0.2, 0) is 0 Å². The molecular weight excluding hydrogens is 100 g/mol.